The second-order valence-electron chi connectivity index (χ2n) is 6.05. The summed E-state index contributed by atoms with van der Waals surface area (Å²) in [4.78, 5) is 12.3. The minimum atomic E-state index is -0.458. The van der Waals surface area contributed by atoms with Gasteiger partial charge >= 0.3 is 0 Å². The number of halogens is 1. The lowest BCUT2D eigenvalue weighted by molar-refractivity contribution is -0.112. The van der Waals surface area contributed by atoms with Crippen molar-refractivity contribution in [3.8, 4) is 6.07 Å². The van der Waals surface area contributed by atoms with E-state index in [4.69, 9.17) is 11.6 Å². The van der Waals surface area contributed by atoms with Crippen LogP contribution in [0.1, 0.15) is 16.7 Å². The summed E-state index contributed by atoms with van der Waals surface area (Å²) in [5, 5.41) is 17.0. The van der Waals surface area contributed by atoms with Crippen LogP contribution in [0.25, 0.3) is 6.08 Å². The van der Waals surface area contributed by atoms with Gasteiger partial charge in [0.25, 0.3) is 5.91 Å². The van der Waals surface area contributed by atoms with Gasteiger partial charge in [0.05, 0.1) is 12.7 Å². The number of nitrogens with zero attached hydrogens (tertiary/aromatic N) is 3. The van der Waals surface area contributed by atoms with Gasteiger partial charge in [0.15, 0.2) is 0 Å². The van der Waals surface area contributed by atoms with E-state index in [0.717, 1.165) is 11.1 Å². The second-order valence-corrected chi connectivity index (χ2v) is 6.46. The molecule has 0 aliphatic rings. The first kappa shape index (κ1) is 18.4. The predicted molar refractivity (Wildman–Crippen MR) is 106 cm³/mol. The van der Waals surface area contributed by atoms with Crippen molar-refractivity contribution in [3.05, 3.63) is 88.2 Å². The molecule has 0 aliphatic heterocycles. The van der Waals surface area contributed by atoms with Crippen LogP contribution in [0.4, 0.5) is 5.69 Å². The molecule has 6 heteroatoms. The van der Waals surface area contributed by atoms with E-state index in [1.165, 1.54) is 6.08 Å². The molecule has 0 spiro atoms. The first-order valence-corrected chi connectivity index (χ1v) is 8.68. The Morgan fingerprint density at radius 3 is 2.70 bits per heavy atom. The molecule has 1 aromatic heterocycles. The van der Waals surface area contributed by atoms with Crippen LogP contribution in [0.3, 0.4) is 0 Å². The summed E-state index contributed by atoms with van der Waals surface area (Å²) in [6.07, 6.45) is 4.88. The molecule has 5 nitrogen and oxygen atoms in total. The van der Waals surface area contributed by atoms with Gasteiger partial charge in [-0.1, -0.05) is 47.5 Å². The third-order valence-corrected chi connectivity index (χ3v) is 4.30. The second kappa shape index (κ2) is 8.35. The van der Waals surface area contributed by atoms with Crippen LogP contribution in [-0.4, -0.2) is 15.7 Å². The van der Waals surface area contributed by atoms with E-state index in [2.05, 4.69) is 10.4 Å². The van der Waals surface area contributed by atoms with Crippen molar-refractivity contribution in [3.63, 3.8) is 0 Å². The minimum absolute atomic E-state index is 0.00729. The minimum Gasteiger partial charge on any atom is -0.321 e. The van der Waals surface area contributed by atoms with Gasteiger partial charge in [0.2, 0.25) is 0 Å². The number of benzene rings is 2. The molecule has 0 radical (unpaired) electrons. The predicted octanol–water partition coefficient (Wildman–Crippen LogP) is 4.44. The van der Waals surface area contributed by atoms with Crippen molar-refractivity contribution in [2.45, 2.75) is 13.5 Å². The van der Waals surface area contributed by atoms with Crippen molar-refractivity contribution in [1.29, 1.82) is 5.26 Å². The SMILES string of the molecule is Cc1ccc(NC(=O)/C(C#N)=C/c2cnn(Cc3ccccc3Cl)c2)cc1. The summed E-state index contributed by atoms with van der Waals surface area (Å²) in [6, 6.07) is 16.8. The van der Waals surface area contributed by atoms with Crippen molar-refractivity contribution in [1.82, 2.24) is 9.78 Å². The van der Waals surface area contributed by atoms with E-state index < -0.39 is 5.91 Å². The highest BCUT2D eigenvalue weighted by Gasteiger charge is 2.10. The fourth-order valence-corrected chi connectivity index (χ4v) is 2.69. The van der Waals surface area contributed by atoms with Crippen LogP contribution in [0.5, 0.6) is 0 Å². The molecule has 0 bridgehead atoms. The van der Waals surface area contributed by atoms with E-state index in [9.17, 15) is 10.1 Å². The maximum atomic E-state index is 12.3. The molecular weight excluding hydrogens is 360 g/mol. The lowest BCUT2D eigenvalue weighted by Crippen LogP contribution is -2.13. The first-order chi connectivity index (χ1) is 13.0. The average molecular weight is 377 g/mol. The van der Waals surface area contributed by atoms with Crippen molar-refractivity contribution in [2.24, 2.45) is 0 Å². The number of hydrogen-bond acceptors (Lipinski definition) is 3. The quantitative estimate of drug-likeness (QED) is 0.528. The molecule has 0 saturated carbocycles. The maximum Gasteiger partial charge on any atom is 0.266 e. The number of anilines is 1. The number of rotatable bonds is 5. The number of amides is 1. The highest BCUT2D eigenvalue weighted by atomic mass is 35.5. The molecule has 3 aromatic rings. The summed E-state index contributed by atoms with van der Waals surface area (Å²) in [5.74, 6) is -0.458. The number of aromatic nitrogens is 2. The Morgan fingerprint density at radius 1 is 1.26 bits per heavy atom. The fraction of sp³-hybridized carbons (Fsp3) is 0.0952. The monoisotopic (exact) mass is 376 g/mol. The number of hydrogen-bond donors (Lipinski definition) is 1. The van der Waals surface area contributed by atoms with Crippen LogP contribution in [-0.2, 0) is 11.3 Å². The molecule has 3 rings (SSSR count). The summed E-state index contributed by atoms with van der Waals surface area (Å²) in [6.45, 7) is 2.47. The van der Waals surface area contributed by atoms with Gasteiger partial charge < -0.3 is 5.32 Å². The van der Waals surface area contributed by atoms with Gasteiger partial charge in [-0.3, -0.25) is 9.48 Å². The molecule has 0 fully saturated rings. The Bertz CT molecular complexity index is 1030. The molecule has 134 valence electrons. The van der Waals surface area contributed by atoms with Gasteiger partial charge in [-0.25, -0.2) is 0 Å². The normalized spacial score (nSPS) is 11.1. The van der Waals surface area contributed by atoms with Gasteiger partial charge in [0, 0.05) is 22.5 Å². The third kappa shape index (κ3) is 4.84. The molecular formula is C21H17ClN4O. The molecule has 1 heterocycles. The van der Waals surface area contributed by atoms with Crippen molar-refractivity contribution >= 4 is 29.3 Å². The van der Waals surface area contributed by atoms with E-state index in [1.54, 1.807) is 29.2 Å². The lowest BCUT2D eigenvalue weighted by atomic mass is 10.2. The zero-order valence-corrected chi connectivity index (χ0v) is 15.4. The van der Waals surface area contributed by atoms with Crippen LogP contribution < -0.4 is 5.32 Å². The summed E-state index contributed by atoms with van der Waals surface area (Å²) in [7, 11) is 0. The highest BCUT2D eigenvalue weighted by Crippen LogP contribution is 2.17. The Kier molecular flexibility index (Phi) is 5.70. The largest absolute Gasteiger partial charge is 0.321 e. The molecule has 1 N–H and O–H groups in total. The number of carbonyl (C=O) groups is 1. The maximum absolute atomic E-state index is 12.3. The van der Waals surface area contributed by atoms with Crippen LogP contribution in [0, 0.1) is 18.3 Å². The smallest absolute Gasteiger partial charge is 0.266 e. The Balaban J connectivity index is 1.73. The van der Waals surface area contributed by atoms with Crippen LogP contribution in [0.15, 0.2) is 66.5 Å². The molecule has 0 aliphatic carbocycles. The highest BCUT2D eigenvalue weighted by molar-refractivity contribution is 6.31. The standard InChI is InChI=1S/C21H17ClN4O/c1-15-6-8-19(9-7-15)25-21(27)18(11-23)10-16-12-24-26(13-16)14-17-4-2-3-5-20(17)22/h2-10,12-13H,14H2,1H3,(H,25,27)/b18-10+. The zero-order chi connectivity index (χ0) is 19.2. The van der Waals surface area contributed by atoms with E-state index >= 15 is 0 Å². The van der Waals surface area contributed by atoms with Crippen LogP contribution >= 0.6 is 11.6 Å². The zero-order valence-electron chi connectivity index (χ0n) is 14.7. The Hall–Kier alpha value is -3.36. The lowest BCUT2D eigenvalue weighted by Gasteiger charge is -2.04. The van der Waals surface area contributed by atoms with E-state index in [-0.39, 0.29) is 5.57 Å². The first-order valence-electron chi connectivity index (χ1n) is 8.31. The number of nitriles is 1. The van der Waals surface area contributed by atoms with Gasteiger partial charge in [-0.15, -0.1) is 0 Å². The van der Waals surface area contributed by atoms with E-state index in [0.29, 0.717) is 22.8 Å². The molecule has 0 saturated heterocycles. The van der Waals surface area contributed by atoms with Gasteiger partial charge in [-0.2, -0.15) is 10.4 Å². The van der Waals surface area contributed by atoms with E-state index in [1.807, 2.05) is 49.4 Å². The number of nitrogens with one attached hydrogen (secondary N) is 1. The number of carbonyl (C=O) groups excluding carboxylic acids is 1. The summed E-state index contributed by atoms with van der Waals surface area (Å²) in [5.41, 5.74) is 3.34. The molecule has 27 heavy (non-hydrogen) atoms. The average Bonchev–Trinajstić information content (AvgIpc) is 3.10. The molecule has 0 atom stereocenters. The van der Waals surface area contributed by atoms with Crippen LogP contribution in [0.2, 0.25) is 5.02 Å². The Labute approximate surface area is 162 Å². The molecule has 1 amide bonds. The summed E-state index contributed by atoms with van der Waals surface area (Å²) < 4.78 is 1.71. The molecule has 0 unspecified atom stereocenters. The number of aryl methyl sites for hydroxylation is 1. The topological polar surface area (TPSA) is 70.7 Å². The molecule has 2 aromatic carbocycles. The Morgan fingerprint density at radius 2 is 2.00 bits per heavy atom. The van der Waals surface area contributed by atoms with Gasteiger partial charge in [-0.05, 0) is 36.8 Å². The van der Waals surface area contributed by atoms with Crippen molar-refractivity contribution < 1.29 is 4.79 Å². The summed E-state index contributed by atoms with van der Waals surface area (Å²) >= 11 is 6.17. The van der Waals surface area contributed by atoms with Gasteiger partial charge in [0.1, 0.15) is 11.6 Å². The fourth-order valence-electron chi connectivity index (χ4n) is 2.49. The van der Waals surface area contributed by atoms with Crippen molar-refractivity contribution in [2.75, 3.05) is 5.32 Å². The third-order valence-electron chi connectivity index (χ3n) is 3.93.